The molecular formula is C25H25N7O3. The van der Waals surface area contributed by atoms with Crippen LogP contribution in [-0.2, 0) is 9.53 Å². The largest absolute Gasteiger partial charge is 0.486 e. The third kappa shape index (κ3) is 5.37. The zero-order valence-corrected chi connectivity index (χ0v) is 19.1. The molecule has 2 aliphatic rings. The maximum Gasteiger partial charge on any atom is 0.248 e. The summed E-state index contributed by atoms with van der Waals surface area (Å²) in [5, 5.41) is 19.9. The highest BCUT2D eigenvalue weighted by molar-refractivity contribution is 6.05. The Hall–Kier alpha value is -4.07. The second-order valence-electron chi connectivity index (χ2n) is 8.42. The lowest BCUT2D eigenvalue weighted by Gasteiger charge is -2.19. The van der Waals surface area contributed by atoms with Crippen LogP contribution in [0.5, 0.6) is 5.75 Å². The Morgan fingerprint density at radius 2 is 2.06 bits per heavy atom. The molecule has 4 heterocycles. The minimum atomic E-state index is -0.218. The minimum absolute atomic E-state index is 0.108. The summed E-state index contributed by atoms with van der Waals surface area (Å²) < 4.78 is 11.7. The topological polar surface area (TPSA) is 134 Å². The van der Waals surface area contributed by atoms with Gasteiger partial charge in [-0.3, -0.25) is 9.78 Å². The zero-order chi connectivity index (χ0) is 24.0. The van der Waals surface area contributed by atoms with E-state index in [0.717, 1.165) is 37.9 Å². The van der Waals surface area contributed by atoms with Crippen LogP contribution in [0.25, 0.3) is 10.9 Å². The second-order valence-corrected chi connectivity index (χ2v) is 8.42. The summed E-state index contributed by atoms with van der Waals surface area (Å²) in [5.41, 5.74) is 3.76. The van der Waals surface area contributed by atoms with Crippen LogP contribution in [0, 0.1) is 11.3 Å². The molecule has 1 unspecified atom stereocenters. The average Bonchev–Trinajstić information content (AvgIpc) is 3.39. The van der Waals surface area contributed by atoms with Crippen LogP contribution in [0.4, 0.5) is 17.1 Å². The van der Waals surface area contributed by atoms with Crippen LogP contribution in [0.1, 0.15) is 24.8 Å². The molecule has 10 nitrogen and oxygen atoms in total. The summed E-state index contributed by atoms with van der Waals surface area (Å²) in [5.74, 6) is 0.292. The average molecular weight is 472 g/mol. The normalized spacial score (nSPS) is 17.6. The number of nitriles is 1. The molecule has 1 amide bonds. The van der Waals surface area contributed by atoms with Crippen molar-refractivity contribution in [3.8, 4) is 11.8 Å². The fourth-order valence-corrected chi connectivity index (χ4v) is 4.17. The molecule has 2 fully saturated rings. The molecule has 1 atom stereocenters. The number of anilines is 3. The number of nitrogens with zero attached hydrogens (tertiary/aromatic N) is 4. The van der Waals surface area contributed by atoms with E-state index in [1.54, 1.807) is 30.6 Å². The lowest BCUT2D eigenvalue weighted by molar-refractivity contribution is -0.112. The quantitative estimate of drug-likeness (QED) is 0.464. The smallest absolute Gasteiger partial charge is 0.248 e. The Morgan fingerprint density at radius 1 is 1.23 bits per heavy atom. The number of hydrogen-bond acceptors (Lipinski definition) is 9. The van der Waals surface area contributed by atoms with Crippen LogP contribution >= 0.6 is 0 Å². The molecule has 178 valence electrons. The minimum Gasteiger partial charge on any atom is -0.486 e. The SMILES string of the molecule is N#Cc1cnc2cc(OC3CCOC3)c(NC(=O)C=C3CCNCC3)cc2c1Nc1cncnc1. The predicted molar refractivity (Wildman–Crippen MR) is 130 cm³/mol. The number of aromatic nitrogens is 3. The number of ether oxygens (including phenoxy) is 2. The number of nitrogens with one attached hydrogen (secondary N) is 3. The van der Waals surface area contributed by atoms with Crippen molar-refractivity contribution in [2.45, 2.75) is 25.4 Å². The molecule has 3 aromatic rings. The Bertz CT molecular complexity index is 1290. The number of carbonyl (C=O) groups is 1. The van der Waals surface area contributed by atoms with Gasteiger partial charge in [0.05, 0.1) is 53.7 Å². The number of fused-ring (bicyclic) bond motifs is 1. The van der Waals surface area contributed by atoms with Gasteiger partial charge < -0.3 is 25.4 Å². The van der Waals surface area contributed by atoms with Crippen molar-refractivity contribution in [3.63, 3.8) is 0 Å². The number of pyridine rings is 1. The summed E-state index contributed by atoms with van der Waals surface area (Å²) in [6, 6.07) is 5.76. The molecule has 0 spiro atoms. The van der Waals surface area contributed by atoms with Gasteiger partial charge in [0.1, 0.15) is 24.3 Å². The zero-order valence-electron chi connectivity index (χ0n) is 19.1. The maximum atomic E-state index is 12.9. The highest BCUT2D eigenvalue weighted by Crippen LogP contribution is 2.37. The molecule has 0 bridgehead atoms. The molecule has 1 aromatic carbocycles. The van der Waals surface area contributed by atoms with Crippen molar-refractivity contribution >= 4 is 33.9 Å². The number of carbonyl (C=O) groups excluding carboxylic acids is 1. The molecule has 2 aliphatic heterocycles. The van der Waals surface area contributed by atoms with Crippen molar-refractivity contribution < 1.29 is 14.3 Å². The molecule has 5 rings (SSSR count). The Kier molecular flexibility index (Phi) is 6.79. The van der Waals surface area contributed by atoms with E-state index in [9.17, 15) is 10.1 Å². The van der Waals surface area contributed by atoms with E-state index < -0.39 is 0 Å². The number of rotatable bonds is 6. The number of hydrogen-bond donors (Lipinski definition) is 3. The highest BCUT2D eigenvalue weighted by Gasteiger charge is 2.21. The van der Waals surface area contributed by atoms with Crippen LogP contribution in [-0.4, -0.2) is 53.3 Å². The summed E-state index contributed by atoms with van der Waals surface area (Å²) in [4.78, 5) is 25.4. The summed E-state index contributed by atoms with van der Waals surface area (Å²) in [7, 11) is 0. The third-order valence-electron chi connectivity index (χ3n) is 5.94. The molecule has 2 aromatic heterocycles. The van der Waals surface area contributed by atoms with Crippen molar-refractivity contribution in [2.24, 2.45) is 0 Å². The van der Waals surface area contributed by atoms with E-state index >= 15 is 0 Å². The highest BCUT2D eigenvalue weighted by atomic mass is 16.5. The summed E-state index contributed by atoms with van der Waals surface area (Å²) >= 11 is 0. The van der Waals surface area contributed by atoms with Gasteiger partial charge in [0.2, 0.25) is 5.91 Å². The van der Waals surface area contributed by atoms with Gasteiger partial charge in [0, 0.05) is 30.1 Å². The molecule has 10 heteroatoms. The fraction of sp³-hybridized carbons (Fsp3) is 0.320. The standard InChI is InChI=1S/C25H25N7O3/c26-10-17-11-30-21-9-23(35-19-3-6-34-14-19)22(32-24(33)7-16-1-4-27-5-2-16)8-20(21)25(17)31-18-12-28-15-29-13-18/h7-9,11-13,15,19,27H,1-6,14H2,(H,30,31)(H,32,33). The van der Waals surface area contributed by atoms with Crippen LogP contribution < -0.4 is 20.7 Å². The van der Waals surface area contributed by atoms with Gasteiger partial charge in [0.25, 0.3) is 0 Å². The van der Waals surface area contributed by atoms with Gasteiger partial charge in [0.15, 0.2) is 0 Å². The number of amides is 1. The predicted octanol–water partition coefficient (Wildman–Crippen LogP) is 3.06. The summed E-state index contributed by atoms with van der Waals surface area (Å²) in [6.45, 7) is 2.86. The van der Waals surface area contributed by atoms with Crippen molar-refractivity contribution in [1.29, 1.82) is 5.26 Å². The van der Waals surface area contributed by atoms with Crippen LogP contribution in [0.2, 0.25) is 0 Å². The van der Waals surface area contributed by atoms with E-state index in [0.29, 0.717) is 52.5 Å². The molecule has 0 saturated carbocycles. The molecule has 2 saturated heterocycles. The van der Waals surface area contributed by atoms with Gasteiger partial charge in [-0.1, -0.05) is 5.57 Å². The Labute approximate surface area is 202 Å². The van der Waals surface area contributed by atoms with E-state index in [2.05, 4.69) is 37.0 Å². The molecule has 0 radical (unpaired) electrons. The Balaban J connectivity index is 1.55. The lowest BCUT2D eigenvalue weighted by atomic mass is 10.0. The number of piperidine rings is 1. The van der Waals surface area contributed by atoms with E-state index in [4.69, 9.17) is 9.47 Å². The molecular weight excluding hydrogens is 446 g/mol. The second kappa shape index (κ2) is 10.5. The first-order valence-electron chi connectivity index (χ1n) is 11.5. The number of benzene rings is 1. The first kappa shape index (κ1) is 22.7. The van der Waals surface area contributed by atoms with Gasteiger partial charge in [-0.15, -0.1) is 0 Å². The maximum absolute atomic E-state index is 12.9. The van der Waals surface area contributed by atoms with Crippen molar-refractivity contribution in [3.05, 3.63) is 54.3 Å². The van der Waals surface area contributed by atoms with Crippen LogP contribution in [0.3, 0.4) is 0 Å². The van der Waals surface area contributed by atoms with E-state index in [-0.39, 0.29) is 12.0 Å². The first-order valence-corrected chi connectivity index (χ1v) is 11.5. The van der Waals surface area contributed by atoms with Gasteiger partial charge in [-0.25, -0.2) is 9.97 Å². The van der Waals surface area contributed by atoms with Crippen molar-refractivity contribution in [1.82, 2.24) is 20.3 Å². The lowest BCUT2D eigenvalue weighted by Crippen LogP contribution is -2.24. The van der Waals surface area contributed by atoms with Crippen molar-refractivity contribution in [2.75, 3.05) is 36.9 Å². The monoisotopic (exact) mass is 471 g/mol. The molecule has 35 heavy (non-hydrogen) atoms. The van der Waals surface area contributed by atoms with Gasteiger partial charge >= 0.3 is 0 Å². The third-order valence-corrected chi connectivity index (χ3v) is 5.94. The van der Waals surface area contributed by atoms with E-state index in [1.807, 2.05) is 0 Å². The van der Waals surface area contributed by atoms with E-state index in [1.165, 1.54) is 12.5 Å². The molecule has 0 aliphatic carbocycles. The summed E-state index contributed by atoms with van der Waals surface area (Å²) in [6.07, 6.45) is 10.2. The van der Waals surface area contributed by atoms with Crippen LogP contribution in [0.15, 0.2) is 48.7 Å². The Morgan fingerprint density at radius 3 is 2.80 bits per heavy atom. The van der Waals surface area contributed by atoms with Gasteiger partial charge in [-0.2, -0.15) is 5.26 Å². The molecule has 3 N–H and O–H groups in total. The fourth-order valence-electron chi connectivity index (χ4n) is 4.17. The first-order chi connectivity index (χ1) is 17.2. The van der Waals surface area contributed by atoms with Gasteiger partial charge in [-0.05, 0) is 32.0 Å².